The Labute approximate surface area is 97.1 Å². The molecular formula is C10H11ClIN. The molecule has 0 fully saturated rings. The van der Waals surface area contributed by atoms with Crippen molar-refractivity contribution in [2.45, 2.75) is 12.5 Å². The highest BCUT2D eigenvalue weighted by Crippen LogP contribution is 2.23. The Kier molecular flexibility index (Phi) is 4.22. The van der Waals surface area contributed by atoms with Crippen molar-refractivity contribution in [3.05, 3.63) is 45.0 Å². The molecule has 3 heteroatoms. The molecule has 1 atom stereocenters. The first kappa shape index (κ1) is 11.0. The summed E-state index contributed by atoms with van der Waals surface area (Å²) in [6.45, 7) is 3.66. The molecule has 0 saturated heterocycles. The van der Waals surface area contributed by atoms with Crippen LogP contribution in [-0.2, 0) is 0 Å². The number of hydrogen-bond donors (Lipinski definition) is 1. The number of benzene rings is 1. The van der Waals surface area contributed by atoms with Crippen LogP contribution < -0.4 is 5.73 Å². The van der Waals surface area contributed by atoms with E-state index >= 15 is 0 Å². The molecule has 0 amide bonds. The zero-order chi connectivity index (χ0) is 9.84. The van der Waals surface area contributed by atoms with Crippen LogP contribution in [0.5, 0.6) is 0 Å². The molecule has 1 rings (SSSR count). The van der Waals surface area contributed by atoms with E-state index in [0.717, 1.165) is 20.6 Å². The lowest BCUT2D eigenvalue weighted by molar-refractivity contribution is 0.737. The molecule has 1 aromatic rings. The number of rotatable bonds is 3. The molecule has 0 aromatic heterocycles. The molecule has 13 heavy (non-hydrogen) atoms. The average molecular weight is 308 g/mol. The van der Waals surface area contributed by atoms with Gasteiger partial charge in [-0.15, -0.1) is 6.58 Å². The van der Waals surface area contributed by atoms with Gasteiger partial charge in [-0.2, -0.15) is 0 Å². The topological polar surface area (TPSA) is 26.0 Å². The fraction of sp³-hybridized carbons (Fsp3) is 0.200. The van der Waals surface area contributed by atoms with Crippen molar-refractivity contribution in [1.29, 1.82) is 0 Å². The maximum Gasteiger partial charge on any atom is 0.0416 e. The smallest absolute Gasteiger partial charge is 0.0416 e. The Morgan fingerprint density at radius 2 is 2.31 bits per heavy atom. The number of nitrogens with two attached hydrogens (primary N) is 1. The largest absolute Gasteiger partial charge is 0.324 e. The van der Waals surface area contributed by atoms with Crippen molar-refractivity contribution in [3.8, 4) is 0 Å². The van der Waals surface area contributed by atoms with Crippen LogP contribution in [-0.4, -0.2) is 0 Å². The van der Waals surface area contributed by atoms with Gasteiger partial charge in [-0.05, 0) is 46.7 Å². The minimum atomic E-state index is 0.0293. The zero-order valence-electron chi connectivity index (χ0n) is 7.13. The van der Waals surface area contributed by atoms with Crippen LogP contribution >= 0.6 is 34.2 Å². The fourth-order valence-electron chi connectivity index (χ4n) is 1.11. The van der Waals surface area contributed by atoms with E-state index in [2.05, 4.69) is 29.2 Å². The summed E-state index contributed by atoms with van der Waals surface area (Å²) in [5.41, 5.74) is 7.07. The molecule has 0 bridgehead atoms. The van der Waals surface area contributed by atoms with Gasteiger partial charge in [0.2, 0.25) is 0 Å². The van der Waals surface area contributed by atoms with Crippen LogP contribution in [0, 0.1) is 3.57 Å². The van der Waals surface area contributed by atoms with Crippen molar-refractivity contribution in [3.63, 3.8) is 0 Å². The highest BCUT2D eigenvalue weighted by Gasteiger charge is 2.07. The predicted molar refractivity (Wildman–Crippen MR) is 65.9 cm³/mol. The normalized spacial score (nSPS) is 12.5. The van der Waals surface area contributed by atoms with E-state index in [-0.39, 0.29) is 6.04 Å². The van der Waals surface area contributed by atoms with Gasteiger partial charge in [0.25, 0.3) is 0 Å². The summed E-state index contributed by atoms with van der Waals surface area (Å²) in [5, 5.41) is 0.749. The maximum atomic E-state index is 5.94. The SMILES string of the molecule is C=CC[C@@H](N)c1ccc(Cl)cc1I. The van der Waals surface area contributed by atoms with Gasteiger partial charge >= 0.3 is 0 Å². The third-order valence-corrected chi connectivity index (χ3v) is 2.95. The molecule has 0 saturated carbocycles. The molecule has 0 aliphatic heterocycles. The minimum Gasteiger partial charge on any atom is -0.324 e. The number of hydrogen-bond acceptors (Lipinski definition) is 1. The van der Waals surface area contributed by atoms with Gasteiger partial charge in [-0.25, -0.2) is 0 Å². The Morgan fingerprint density at radius 3 is 2.85 bits per heavy atom. The molecule has 0 heterocycles. The molecule has 0 aliphatic carbocycles. The van der Waals surface area contributed by atoms with E-state index in [4.69, 9.17) is 17.3 Å². The third kappa shape index (κ3) is 2.97. The summed E-state index contributed by atoms with van der Waals surface area (Å²) in [6, 6.07) is 5.78. The van der Waals surface area contributed by atoms with Gasteiger partial charge < -0.3 is 5.73 Å². The second-order valence-electron chi connectivity index (χ2n) is 2.80. The molecule has 0 spiro atoms. The molecular weight excluding hydrogens is 296 g/mol. The Balaban J connectivity index is 2.94. The fourth-order valence-corrected chi connectivity index (χ4v) is 2.38. The van der Waals surface area contributed by atoms with Crippen LogP contribution in [0.2, 0.25) is 5.02 Å². The second kappa shape index (κ2) is 4.98. The molecule has 0 aliphatic rings. The van der Waals surface area contributed by atoms with Gasteiger partial charge in [0, 0.05) is 14.6 Å². The first-order valence-electron chi connectivity index (χ1n) is 3.96. The first-order valence-corrected chi connectivity index (χ1v) is 5.42. The van der Waals surface area contributed by atoms with Crippen molar-refractivity contribution >= 4 is 34.2 Å². The molecule has 0 unspecified atom stereocenters. The van der Waals surface area contributed by atoms with E-state index < -0.39 is 0 Å². The average Bonchev–Trinajstić information content (AvgIpc) is 2.04. The number of halogens is 2. The van der Waals surface area contributed by atoms with Crippen LogP contribution in [0.1, 0.15) is 18.0 Å². The van der Waals surface area contributed by atoms with Crippen molar-refractivity contribution in [1.82, 2.24) is 0 Å². The van der Waals surface area contributed by atoms with Gasteiger partial charge in [0.15, 0.2) is 0 Å². The van der Waals surface area contributed by atoms with Crippen LogP contribution in [0.4, 0.5) is 0 Å². The van der Waals surface area contributed by atoms with E-state index in [1.165, 1.54) is 0 Å². The third-order valence-electron chi connectivity index (χ3n) is 1.78. The van der Waals surface area contributed by atoms with E-state index in [9.17, 15) is 0 Å². The standard InChI is InChI=1S/C10H11ClIN/c1-2-3-10(13)8-5-4-7(11)6-9(8)12/h2,4-6,10H,1,3,13H2/t10-/m1/s1. The quantitative estimate of drug-likeness (QED) is 0.671. The summed E-state index contributed by atoms with van der Waals surface area (Å²) in [7, 11) is 0. The summed E-state index contributed by atoms with van der Waals surface area (Å²) in [4.78, 5) is 0. The van der Waals surface area contributed by atoms with Crippen LogP contribution in [0.25, 0.3) is 0 Å². The lowest BCUT2D eigenvalue weighted by atomic mass is 10.1. The van der Waals surface area contributed by atoms with Crippen molar-refractivity contribution in [2.24, 2.45) is 5.73 Å². The zero-order valence-corrected chi connectivity index (χ0v) is 10.0. The minimum absolute atomic E-state index is 0.0293. The van der Waals surface area contributed by atoms with Gasteiger partial charge in [0.1, 0.15) is 0 Å². The van der Waals surface area contributed by atoms with Crippen molar-refractivity contribution in [2.75, 3.05) is 0 Å². The Morgan fingerprint density at radius 1 is 1.62 bits per heavy atom. The van der Waals surface area contributed by atoms with Crippen molar-refractivity contribution < 1.29 is 0 Å². The summed E-state index contributed by atoms with van der Waals surface area (Å²) in [6.07, 6.45) is 2.62. The molecule has 1 aromatic carbocycles. The van der Waals surface area contributed by atoms with Crippen LogP contribution in [0.15, 0.2) is 30.9 Å². The highest BCUT2D eigenvalue weighted by atomic mass is 127. The summed E-state index contributed by atoms with van der Waals surface area (Å²) < 4.78 is 1.11. The Bertz CT molecular complexity index is 312. The lowest BCUT2D eigenvalue weighted by Crippen LogP contribution is -2.10. The Hall–Kier alpha value is -0.0600. The summed E-state index contributed by atoms with van der Waals surface area (Å²) in [5.74, 6) is 0. The monoisotopic (exact) mass is 307 g/mol. The van der Waals surface area contributed by atoms with E-state index in [1.54, 1.807) is 0 Å². The van der Waals surface area contributed by atoms with Gasteiger partial charge in [-0.1, -0.05) is 23.7 Å². The summed E-state index contributed by atoms with van der Waals surface area (Å²) >= 11 is 8.08. The van der Waals surface area contributed by atoms with Gasteiger partial charge in [-0.3, -0.25) is 0 Å². The maximum absolute atomic E-state index is 5.94. The molecule has 1 nitrogen and oxygen atoms in total. The van der Waals surface area contributed by atoms with Crippen LogP contribution in [0.3, 0.4) is 0 Å². The lowest BCUT2D eigenvalue weighted by Gasteiger charge is -2.11. The van der Waals surface area contributed by atoms with Gasteiger partial charge in [0.05, 0.1) is 0 Å². The highest BCUT2D eigenvalue weighted by molar-refractivity contribution is 14.1. The molecule has 70 valence electrons. The molecule has 2 N–H and O–H groups in total. The van der Waals surface area contributed by atoms with E-state index in [0.29, 0.717) is 0 Å². The predicted octanol–water partition coefficient (Wildman–Crippen LogP) is 3.52. The van der Waals surface area contributed by atoms with E-state index in [1.807, 2.05) is 24.3 Å². The second-order valence-corrected chi connectivity index (χ2v) is 4.40. The first-order chi connectivity index (χ1) is 6.15. The molecule has 0 radical (unpaired) electrons.